The summed E-state index contributed by atoms with van der Waals surface area (Å²) in [6, 6.07) is 4.88. The van der Waals surface area contributed by atoms with Gasteiger partial charge in [0, 0.05) is 23.9 Å². The third kappa shape index (κ3) is 2.92. The molecule has 0 saturated carbocycles. The largest absolute Gasteiger partial charge is 0.315 e. The van der Waals surface area contributed by atoms with Crippen molar-refractivity contribution in [2.75, 3.05) is 6.54 Å². The van der Waals surface area contributed by atoms with Gasteiger partial charge in [-0.15, -0.1) is 0 Å². The molecule has 1 unspecified atom stereocenters. The van der Waals surface area contributed by atoms with E-state index in [1.165, 1.54) is 30.5 Å². The molecule has 0 aliphatic heterocycles. The van der Waals surface area contributed by atoms with E-state index in [0.717, 1.165) is 6.54 Å². The maximum Gasteiger partial charge on any atom is 0.0471 e. The Bertz CT molecular complexity index is 396. The minimum absolute atomic E-state index is 0.335. The number of pyridine rings is 1. The molecule has 1 N–H and O–H groups in total. The van der Waals surface area contributed by atoms with Crippen molar-refractivity contribution >= 4 is 0 Å². The molecular formula is C16H26N2. The summed E-state index contributed by atoms with van der Waals surface area (Å²) in [6.45, 7) is 10.3. The number of nitrogens with one attached hydrogen (secondary N) is 1. The Morgan fingerprint density at radius 1 is 1.44 bits per heavy atom. The normalized spacial score (nSPS) is 19.3. The fourth-order valence-electron chi connectivity index (χ4n) is 3.03. The smallest absolute Gasteiger partial charge is 0.0471 e. The van der Waals surface area contributed by atoms with Crippen molar-refractivity contribution in [2.24, 2.45) is 5.41 Å². The van der Waals surface area contributed by atoms with Crippen LogP contribution in [0.25, 0.3) is 0 Å². The summed E-state index contributed by atoms with van der Waals surface area (Å²) in [6.07, 6.45) is 5.63. The second kappa shape index (κ2) is 5.40. The Morgan fingerprint density at radius 2 is 2.22 bits per heavy atom. The van der Waals surface area contributed by atoms with E-state index in [0.29, 0.717) is 17.4 Å². The Morgan fingerprint density at radius 3 is 2.94 bits per heavy atom. The van der Waals surface area contributed by atoms with Crippen molar-refractivity contribution in [3.8, 4) is 0 Å². The highest BCUT2D eigenvalue weighted by Gasteiger charge is 2.36. The van der Waals surface area contributed by atoms with E-state index in [2.05, 4.69) is 50.1 Å². The summed E-state index contributed by atoms with van der Waals surface area (Å²) < 4.78 is 0. The molecule has 1 aromatic rings. The van der Waals surface area contributed by atoms with E-state index < -0.39 is 0 Å². The molecule has 1 atom stereocenters. The van der Waals surface area contributed by atoms with Gasteiger partial charge in [0.2, 0.25) is 0 Å². The van der Waals surface area contributed by atoms with Gasteiger partial charge in [-0.25, -0.2) is 0 Å². The third-order valence-corrected chi connectivity index (χ3v) is 4.22. The zero-order chi connectivity index (χ0) is 13.2. The summed E-state index contributed by atoms with van der Waals surface area (Å²) in [5, 5.41) is 3.53. The van der Waals surface area contributed by atoms with Gasteiger partial charge in [0.1, 0.15) is 0 Å². The lowest BCUT2D eigenvalue weighted by Gasteiger charge is -2.32. The van der Waals surface area contributed by atoms with Gasteiger partial charge in [0.15, 0.2) is 0 Å². The first kappa shape index (κ1) is 13.5. The summed E-state index contributed by atoms with van der Waals surface area (Å²) >= 11 is 0. The lowest BCUT2D eigenvalue weighted by molar-refractivity contribution is 0.251. The van der Waals surface area contributed by atoms with E-state index in [-0.39, 0.29) is 0 Å². The quantitative estimate of drug-likeness (QED) is 0.859. The Hall–Kier alpha value is -0.890. The van der Waals surface area contributed by atoms with Gasteiger partial charge in [0.25, 0.3) is 0 Å². The lowest BCUT2D eigenvalue weighted by Crippen LogP contribution is -2.30. The van der Waals surface area contributed by atoms with Crippen LogP contribution in [0.2, 0.25) is 0 Å². The van der Waals surface area contributed by atoms with Crippen molar-refractivity contribution < 1.29 is 0 Å². The van der Waals surface area contributed by atoms with Crippen LogP contribution >= 0.6 is 0 Å². The number of nitrogens with zero attached hydrogens (tertiary/aromatic N) is 1. The van der Waals surface area contributed by atoms with E-state index >= 15 is 0 Å². The summed E-state index contributed by atoms with van der Waals surface area (Å²) in [5.74, 6) is 0.627. The van der Waals surface area contributed by atoms with Crippen LogP contribution in [-0.2, 0) is 6.42 Å². The summed E-state index contributed by atoms with van der Waals surface area (Å²) in [5.41, 5.74) is 3.15. The van der Waals surface area contributed by atoms with Crippen LogP contribution < -0.4 is 5.32 Å². The van der Waals surface area contributed by atoms with E-state index in [4.69, 9.17) is 0 Å². The second-order valence-corrected chi connectivity index (χ2v) is 6.49. The molecule has 1 aliphatic carbocycles. The molecule has 18 heavy (non-hydrogen) atoms. The van der Waals surface area contributed by atoms with Crippen molar-refractivity contribution in [3.05, 3.63) is 29.6 Å². The first-order chi connectivity index (χ1) is 8.50. The summed E-state index contributed by atoms with van der Waals surface area (Å²) in [7, 11) is 0. The molecular weight excluding hydrogens is 220 g/mol. The fraction of sp³-hybridized carbons (Fsp3) is 0.688. The van der Waals surface area contributed by atoms with E-state index in [1.807, 2.05) is 6.20 Å². The molecule has 0 aromatic carbocycles. The monoisotopic (exact) mass is 246 g/mol. The topological polar surface area (TPSA) is 24.9 Å². The molecule has 0 saturated heterocycles. The van der Waals surface area contributed by atoms with Gasteiger partial charge < -0.3 is 5.32 Å². The van der Waals surface area contributed by atoms with Crippen LogP contribution in [0.15, 0.2) is 18.3 Å². The lowest BCUT2D eigenvalue weighted by atomic mass is 9.74. The number of aromatic nitrogens is 1. The Balaban J connectivity index is 2.03. The molecule has 100 valence electrons. The maximum atomic E-state index is 4.63. The van der Waals surface area contributed by atoms with Crippen LogP contribution in [0.4, 0.5) is 0 Å². The molecule has 2 heteroatoms. The first-order valence-corrected chi connectivity index (χ1v) is 7.18. The molecule has 0 amide bonds. The number of hydrogen-bond acceptors (Lipinski definition) is 2. The highest BCUT2D eigenvalue weighted by molar-refractivity contribution is 5.30. The SMILES string of the molecule is CC(C)NCCC(C)(C)C1CCc2cccnc21. The van der Waals surface area contributed by atoms with Gasteiger partial charge in [-0.05, 0) is 42.9 Å². The number of fused-ring (bicyclic) bond motifs is 1. The van der Waals surface area contributed by atoms with Gasteiger partial charge in [-0.2, -0.15) is 0 Å². The van der Waals surface area contributed by atoms with E-state index in [9.17, 15) is 0 Å². The molecule has 0 bridgehead atoms. The molecule has 0 fully saturated rings. The average molecular weight is 246 g/mol. The van der Waals surface area contributed by atoms with Crippen LogP contribution in [0.1, 0.15) is 57.7 Å². The summed E-state index contributed by atoms with van der Waals surface area (Å²) in [4.78, 5) is 4.63. The Kier molecular flexibility index (Phi) is 4.06. The zero-order valence-electron chi connectivity index (χ0n) is 12.2. The average Bonchev–Trinajstić information content (AvgIpc) is 2.72. The van der Waals surface area contributed by atoms with Crippen molar-refractivity contribution in [1.82, 2.24) is 10.3 Å². The number of rotatable bonds is 5. The standard InChI is InChI=1S/C16H26N2/c1-12(2)17-11-9-16(3,4)14-8-7-13-6-5-10-18-15(13)14/h5-6,10,12,14,17H,7-9,11H2,1-4H3. The predicted octanol–water partition coefficient (Wildman–Crippen LogP) is 3.53. The third-order valence-electron chi connectivity index (χ3n) is 4.22. The molecule has 1 aliphatic rings. The molecule has 1 aromatic heterocycles. The van der Waals surface area contributed by atoms with Crippen molar-refractivity contribution in [2.45, 2.75) is 58.9 Å². The van der Waals surface area contributed by atoms with Crippen LogP contribution in [-0.4, -0.2) is 17.6 Å². The van der Waals surface area contributed by atoms with Crippen LogP contribution in [0.3, 0.4) is 0 Å². The van der Waals surface area contributed by atoms with Gasteiger partial charge in [0.05, 0.1) is 0 Å². The maximum absolute atomic E-state index is 4.63. The molecule has 2 rings (SSSR count). The van der Waals surface area contributed by atoms with Crippen molar-refractivity contribution in [1.29, 1.82) is 0 Å². The van der Waals surface area contributed by atoms with Gasteiger partial charge >= 0.3 is 0 Å². The zero-order valence-corrected chi connectivity index (χ0v) is 12.2. The fourth-order valence-corrected chi connectivity index (χ4v) is 3.03. The molecule has 0 spiro atoms. The minimum atomic E-state index is 0.335. The van der Waals surface area contributed by atoms with Gasteiger partial charge in [-0.3, -0.25) is 4.98 Å². The molecule has 1 heterocycles. The van der Waals surface area contributed by atoms with Gasteiger partial charge in [-0.1, -0.05) is 33.8 Å². The Labute approximate surface area is 111 Å². The van der Waals surface area contributed by atoms with E-state index in [1.54, 1.807) is 0 Å². The number of hydrogen-bond donors (Lipinski definition) is 1. The second-order valence-electron chi connectivity index (χ2n) is 6.49. The number of aryl methyl sites for hydroxylation is 1. The highest BCUT2D eigenvalue weighted by atomic mass is 14.9. The predicted molar refractivity (Wildman–Crippen MR) is 76.8 cm³/mol. The minimum Gasteiger partial charge on any atom is -0.315 e. The molecule has 0 radical (unpaired) electrons. The van der Waals surface area contributed by atoms with Crippen molar-refractivity contribution in [3.63, 3.8) is 0 Å². The molecule has 2 nitrogen and oxygen atoms in total. The first-order valence-electron chi connectivity index (χ1n) is 7.18. The van der Waals surface area contributed by atoms with Crippen LogP contribution in [0, 0.1) is 5.41 Å². The van der Waals surface area contributed by atoms with Crippen LogP contribution in [0.5, 0.6) is 0 Å². The highest BCUT2D eigenvalue weighted by Crippen LogP contribution is 2.45.